The Bertz CT molecular complexity index is 356. The van der Waals surface area contributed by atoms with Gasteiger partial charge in [0.15, 0.2) is 0 Å². The summed E-state index contributed by atoms with van der Waals surface area (Å²) in [5.41, 5.74) is 4.13. The molecule has 1 atom stereocenters. The minimum absolute atomic E-state index is 0.237. The molecule has 0 aromatic rings. The molecule has 0 aromatic heterocycles. The molecule has 0 rings (SSSR count). The molecule has 0 aliphatic rings. The number of nitrogens with one attached hydrogen (secondary N) is 2. The van der Waals surface area contributed by atoms with E-state index in [1.54, 1.807) is 13.8 Å². The molecule has 116 valence electrons. The summed E-state index contributed by atoms with van der Waals surface area (Å²) in [7, 11) is 0. The van der Waals surface area contributed by atoms with Crippen LogP contribution in [0.1, 0.15) is 46.5 Å². The molecule has 7 heteroatoms. The van der Waals surface area contributed by atoms with Crippen molar-refractivity contribution in [2.75, 3.05) is 6.54 Å². The molecule has 0 aromatic carbocycles. The van der Waals surface area contributed by atoms with Crippen molar-refractivity contribution >= 4 is 17.9 Å². The van der Waals surface area contributed by atoms with Crippen molar-refractivity contribution in [3.8, 4) is 0 Å². The second-order valence-electron chi connectivity index (χ2n) is 5.43. The fourth-order valence-electron chi connectivity index (χ4n) is 1.58. The van der Waals surface area contributed by atoms with E-state index in [0.29, 0.717) is 12.8 Å². The molecule has 0 spiro atoms. The molecular formula is C13H25N3O4. The lowest BCUT2D eigenvalue weighted by Gasteiger charge is -2.21. The summed E-state index contributed by atoms with van der Waals surface area (Å²) in [5.74, 6) is -1.25. The predicted molar refractivity (Wildman–Crippen MR) is 75.1 cm³/mol. The number of aliphatic carboxylic acids is 1. The number of nitrogens with two attached hydrogens (primary N) is 1. The topological polar surface area (TPSA) is 122 Å². The lowest BCUT2D eigenvalue weighted by atomic mass is 9.89. The number of carboxylic acid groups (broad SMARTS) is 1. The zero-order valence-corrected chi connectivity index (χ0v) is 12.4. The van der Waals surface area contributed by atoms with Crippen LogP contribution in [-0.4, -0.2) is 35.6 Å². The third kappa shape index (κ3) is 6.96. The van der Waals surface area contributed by atoms with Gasteiger partial charge >= 0.3 is 12.0 Å². The zero-order valence-electron chi connectivity index (χ0n) is 12.4. The summed E-state index contributed by atoms with van der Waals surface area (Å²) in [4.78, 5) is 33.7. The summed E-state index contributed by atoms with van der Waals surface area (Å²) < 4.78 is 0. The highest BCUT2D eigenvalue weighted by Crippen LogP contribution is 2.19. The molecule has 0 saturated carbocycles. The van der Waals surface area contributed by atoms with Gasteiger partial charge in [0.1, 0.15) is 6.04 Å². The van der Waals surface area contributed by atoms with Crippen molar-refractivity contribution in [1.29, 1.82) is 0 Å². The molecule has 0 fully saturated rings. The Morgan fingerprint density at radius 2 is 1.90 bits per heavy atom. The smallest absolute Gasteiger partial charge is 0.312 e. The molecule has 7 nitrogen and oxygen atoms in total. The van der Waals surface area contributed by atoms with Crippen LogP contribution in [0.4, 0.5) is 4.79 Å². The van der Waals surface area contributed by atoms with Gasteiger partial charge in [-0.3, -0.25) is 9.59 Å². The number of hydrogen-bond acceptors (Lipinski definition) is 3. The molecule has 0 bridgehead atoms. The van der Waals surface area contributed by atoms with Crippen LogP contribution in [0.25, 0.3) is 0 Å². The van der Waals surface area contributed by atoms with Gasteiger partial charge in [-0.05, 0) is 26.7 Å². The van der Waals surface area contributed by atoms with Gasteiger partial charge in [-0.15, -0.1) is 0 Å². The first kappa shape index (κ1) is 18.2. The van der Waals surface area contributed by atoms with Crippen molar-refractivity contribution in [2.24, 2.45) is 11.1 Å². The van der Waals surface area contributed by atoms with Crippen LogP contribution in [0, 0.1) is 5.41 Å². The summed E-state index contributed by atoms with van der Waals surface area (Å²) >= 11 is 0. The van der Waals surface area contributed by atoms with E-state index in [1.165, 1.54) is 0 Å². The first-order chi connectivity index (χ1) is 9.20. The number of urea groups is 1. The molecule has 0 aliphatic carbocycles. The van der Waals surface area contributed by atoms with E-state index in [0.717, 1.165) is 12.8 Å². The maximum absolute atomic E-state index is 11.9. The maximum Gasteiger partial charge on any atom is 0.312 e. The minimum Gasteiger partial charge on any atom is -0.481 e. The zero-order chi connectivity index (χ0) is 15.8. The Labute approximate surface area is 119 Å². The van der Waals surface area contributed by atoms with Crippen LogP contribution < -0.4 is 16.4 Å². The lowest BCUT2D eigenvalue weighted by Crippen LogP contribution is -2.49. The second-order valence-corrected chi connectivity index (χ2v) is 5.43. The number of hydrogen-bond donors (Lipinski definition) is 4. The molecular weight excluding hydrogens is 262 g/mol. The van der Waals surface area contributed by atoms with Crippen molar-refractivity contribution < 1.29 is 19.5 Å². The first-order valence-electron chi connectivity index (χ1n) is 6.77. The molecule has 20 heavy (non-hydrogen) atoms. The molecule has 5 N–H and O–H groups in total. The third-order valence-electron chi connectivity index (χ3n) is 3.11. The molecule has 0 saturated heterocycles. The highest BCUT2D eigenvalue weighted by Gasteiger charge is 2.27. The molecule has 0 radical (unpaired) electrons. The minimum atomic E-state index is -0.912. The summed E-state index contributed by atoms with van der Waals surface area (Å²) in [6.45, 7) is 5.41. The molecule has 0 heterocycles. The van der Waals surface area contributed by atoms with E-state index >= 15 is 0 Å². The van der Waals surface area contributed by atoms with E-state index in [2.05, 4.69) is 10.6 Å². The van der Waals surface area contributed by atoms with Crippen molar-refractivity contribution in [3.63, 3.8) is 0 Å². The quantitative estimate of drug-likeness (QED) is 0.501. The normalized spacial score (nSPS) is 12.6. The Hall–Kier alpha value is -1.79. The average molecular weight is 287 g/mol. The average Bonchev–Trinajstić information content (AvgIpc) is 2.33. The van der Waals surface area contributed by atoms with Gasteiger partial charge in [-0.2, -0.15) is 0 Å². The Balaban J connectivity index is 4.32. The number of primary amides is 1. The van der Waals surface area contributed by atoms with Gasteiger partial charge in [0.05, 0.1) is 5.41 Å². The first-order valence-corrected chi connectivity index (χ1v) is 6.77. The predicted octanol–water partition coefficient (Wildman–Crippen LogP) is 0.831. The van der Waals surface area contributed by atoms with Crippen molar-refractivity contribution in [2.45, 2.75) is 52.5 Å². The van der Waals surface area contributed by atoms with Crippen LogP contribution in [0.2, 0.25) is 0 Å². The standard InChI is InChI=1S/C13H25N3O4/c1-4-5-6-9(16-12(14)20)10(17)15-8-7-13(2,3)11(18)19/h9H,4-8H2,1-3H3,(H,15,17)(H,18,19)(H3,14,16,20). The Morgan fingerprint density at radius 1 is 1.30 bits per heavy atom. The molecule has 3 amide bonds. The van der Waals surface area contributed by atoms with Crippen LogP contribution in [0.15, 0.2) is 0 Å². The van der Waals surface area contributed by atoms with Gasteiger partial charge in [0.25, 0.3) is 0 Å². The Morgan fingerprint density at radius 3 is 2.35 bits per heavy atom. The SMILES string of the molecule is CCCCC(NC(N)=O)C(=O)NCCC(C)(C)C(=O)O. The van der Waals surface area contributed by atoms with E-state index in [1.807, 2.05) is 6.92 Å². The summed E-state index contributed by atoms with van der Waals surface area (Å²) in [6, 6.07) is -1.41. The molecule has 1 unspecified atom stereocenters. The van der Waals surface area contributed by atoms with Gasteiger partial charge in [-0.25, -0.2) is 4.79 Å². The second kappa shape index (κ2) is 8.39. The fraction of sp³-hybridized carbons (Fsp3) is 0.769. The largest absolute Gasteiger partial charge is 0.481 e. The number of unbranched alkanes of at least 4 members (excludes halogenated alkanes) is 1. The highest BCUT2D eigenvalue weighted by molar-refractivity contribution is 5.86. The van der Waals surface area contributed by atoms with Crippen molar-refractivity contribution in [1.82, 2.24) is 10.6 Å². The highest BCUT2D eigenvalue weighted by atomic mass is 16.4. The van der Waals surface area contributed by atoms with Gasteiger partial charge < -0.3 is 21.5 Å². The van der Waals surface area contributed by atoms with Crippen molar-refractivity contribution in [3.05, 3.63) is 0 Å². The number of carboxylic acids is 1. The number of rotatable bonds is 9. The van der Waals surface area contributed by atoms with Crippen LogP contribution in [0.3, 0.4) is 0 Å². The monoisotopic (exact) mass is 287 g/mol. The number of carbonyl (C=O) groups is 3. The maximum atomic E-state index is 11.9. The fourth-order valence-corrected chi connectivity index (χ4v) is 1.58. The van der Waals surface area contributed by atoms with E-state index in [9.17, 15) is 14.4 Å². The summed E-state index contributed by atoms with van der Waals surface area (Å²) in [5, 5.41) is 14.0. The molecule has 0 aliphatic heterocycles. The number of carbonyl (C=O) groups excluding carboxylic acids is 2. The van der Waals surface area contributed by atoms with E-state index in [4.69, 9.17) is 10.8 Å². The van der Waals surface area contributed by atoms with Crippen LogP contribution >= 0.6 is 0 Å². The lowest BCUT2D eigenvalue weighted by molar-refractivity contribution is -0.147. The third-order valence-corrected chi connectivity index (χ3v) is 3.11. The Kier molecular flexibility index (Phi) is 7.64. The van der Waals surface area contributed by atoms with Crippen LogP contribution in [-0.2, 0) is 9.59 Å². The van der Waals surface area contributed by atoms with E-state index in [-0.39, 0.29) is 12.5 Å². The van der Waals surface area contributed by atoms with Gasteiger partial charge in [0.2, 0.25) is 5.91 Å². The van der Waals surface area contributed by atoms with Gasteiger partial charge in [0, 0.05) is 6.54 Å². The van der Waals surface area contributed by atoms with Crippen LogP contribution in [0.5, 0.6) is 0 Å². The summed E-state index contributed by atoms with van der Waals surface area (Å²) in [6.07, 6.45) is 2.51. The van der Waals surface area contributed by atoms with E-state index < -0.39 is 23.5 Å². The number of amides is 3. The van der Waals surface area contributed by atoms with Gasteiger partial charge in [-0.1, -0.05) is 19.8 Å².